The molecular weight excluding hydrogens is 370 g/mol. The molecule has 1 heterocycles. The maximum atomic E-state index is 12.5. The summed E-state index contributed by atoms with van der Waals surface area (Å²) in [4.78, 5) is 24.2. The van der Waals surface area contributed by atoms with Crippen molar-refractivity contribution in [2.75, 3.05) is 19.0 Å². The van der Waals surface area contributed by atoms with Gasteiger partial charge in [0.1, 0.15) is 11.3 Å². The van der Waals surface area contributed by atoms with Gasteiger partial charge in [-0.05, 0) is 62.2 Å². The third-order valence-corrected chi connectivity index (χ3v) is 4.53. The van der Waals surface area contributed by atoms with Gasteiger partial charge in [-0.3, -0.25) is 4.79 Å². The molecule has 1 N–H and O–H groups in total. The van der Waals surface area contributed by atoms with Crippen LogP contribution in [-0.2, 0) is 9.53 Å². The fourth-order valence-corrected chi connectivity index (χ4v) is 3.02. The van der Waals surface area contributed by atoms with Crippen molar-refractivity contribution >= 4 is 34.1 Å². The number of furan rings is 1. The van der Waals surface area contributed by atoms with E-state index in [0.29, 0.717) is 23.6 Å². The number of esters is 1. The second kappa shape index (κ2) is 8.65. The van der Waals surface area contributed by atoms with Gasteiger partial charge in [-0.1, -0.05) is 0 Å². The zero-order valence-electron chi connectivity index (χ0n) is 16.9. The van der Waals surface area contributed by atoms with E-state index in [1.807, 2.05) is 26.0 Å². The lowest BCUT2D eigenvalue weighted by molar-refractivity contribution is -0.111. The Balaban J connectivity index is 1.79. The smallest absolute Gasteiger partial charge is 0.338 e. The molecule has 0 saturated heterocycles. The van der Waals surface area contributed by atoms with Crippen LogP contribution >= 0.6 is 0 Å². The molecule has 0 radical (unpaired) electrons. The number of methoxy groups -OCH3 is 1. The molecule has 0 unspecified atom stereocenters. The first-order valence-corrected chi connectivity index (χ1v) is 9.25. The van der Waals surface area contributed by atoms with Crippen LogP contribution in [-0.4, -0.2) is 25.6 Å². The van der Waals surface area contributed by atoms with Crippen LogP contribution in [0.4, 0.5) is 5.69 Å². The highest BCUT2D eigenvalue weighted by Gasteiger charge is 2.13. The van der Waals surface area contributed by atoms with Gasteiger partial charge in [0, 0.05) is 28.8 Å². The second-order valence-corrected chi connectivity index (χ2v) is 6.58. The van der Waals surface area contributed by atoms with Crippen molar-refractivity contribution in [3.05, 3.63) is 65.4 Å². The highest BCUT2D eigenvalue weighted by atomic mass is 16.5. The van der Waals surface area contributed by atoms with Gasteiger partial charge >= 0.3 is 5.97 Å². The van der Waals surface area contributed by atoms with E-state index in [0.717, 1.165) is 27.7 Å². The van der Waals surface area contributed by atoms with E-state index < -0.39 is 5.97 Å². The zero-order valence-corrected chi connectivity index (χ0v) is 16.9. The van der Waals surface area contributed by atoms with E-state index in [4.69, 9.17) is 13.9 Å². The molecule has 0 aliphatic carbocycles. The summed E-state index contributed by atoms with van der Waals surface area (Å²) in [6.07, 6.45) is 3.21. The summed E-state index contributed by atoms with van der Waals surface area (Å²) in [6, 6.07) is 10.3. The molecule has 6 heteroatoms. The minimum absolute atomic E-state index is 0.280. The summed E-state index contributed by atoms with van der Waals surface area (Å²) in [5, 5.41) is 3.77. The first-order valence-electron chi connectivity index (χ1n) is 9.25. The van der Waals surface area contributed by atoms with Crippen molar-refractivity contribution in [3.63, 3.8) is 0 Å². The third kappa shape index (κ3) is 4.48. The Labute approximate surface area is 169 Å². The number of anilines is 1. The van der Waals surface area contributed by atoms with Gasteiger partial charge in [0.25, 0.3) is 0 Å². The summed E-state index contributed by atoms with van der Waals surface area (Å²) < 4.78 is 15.9. The fourth-order valence-electron chi connectivity index (χ4n) is 3.02. The predicted molar refractivity (Wildman–Crippen MR) is 112 cm³/mol. The number of hydrogen-bond donors (Lipinski definition) is 1. The molecule has 3 rings (SSSR count). The molecule has 0 fully saturated rings. The van der Waals surface area contributed by atoms with Gasteiger partial charge in [-0.15, -0.1) is 0 Å². The van der Waals surface area contributed by atoms with Gasteiger partial charge in [0.15, 0.2) is 0 Å². The minimum Gasteiger partial charge on any atom is -0.496 e. The van der Waals surface area contributed by atoms with Crippen molar-refractivity contribution in [1.29, 1.82) is 0 Å². The van der Waals surface area contributed by atoms with Crippen LogP contribution < -0.4 is 10.1 Å². The van der Waals surface area contributed by atoms with Gasteiger partial charge in [0.05, 0.1) is 25.5 Å². The third-order valence-electron chi connectivity index (χ3n) is 4.53. The quantitative estimate of drug-likeness (QED) is 0.473. The molecule has 0 atom stereocenters. The lowest BCUT2D eigenvalue weighted by Crippen LogP contribution is -2.09. The summed E-state index contributed by atoms with van der Waals surface area (Å²) >= 11 is 0. The van der Waals surface area contributed by atoms with Crippen LogP contribution in [0.5, 0.6) is 5.75 Å². The van der Waals surface area contributed by atoms with Gasteiger partial charge in [0.2, 0.25) is 5.91 Å². The van der Waals surface area contributed by atoms with Crippen molar-refractivity contribution in [2.24, 2.45) is 0 Å². The number of carbonyl (C=O) groups is 2. The van der Waals surface area contributed by atoms with Gasteiger partial charge in [-0.2, -0.15) is 0 Å². The number of fused-ring (bicyclic) bond motifs is 1. The van der Waals surface area contributed by atoms with Crippen LogP contribution in [0.3, 0.4) is 0 Å². The standard InChI is InChI=1S/C23H23NO5/c1-5-28-23(26)16-6-8-17(9-7-16)24-22(25)10-14(2)18-11-19-15(3)13-29-21(19)12-20(18)27-4/h6-13H,5H2,1-4H3,(H,24,25)/b14-10+. The topological polar surface area (TPSA) is 77.8 Å². The molecule has 29 heavy (non-hydrogen) atoms. The van der Waals surface area contributed by atoms with Gasteiger partial charge < -0.3 is 19.2 Å². The molecule has 0 aliphatic rings. The number of rotatable bonds is 6. The normalized spacial score (nSPS) is 11.4. The number of aryl methyl sites for hydroxylation is 1. The second-order valence-electron chi connectivity index (χ2n) is 6.58. The van der Waals surface area contributed by atoms with Gasteiger partial charge in [-0.25, -0.2) is 4.79 Å². The van der Waals surface area contributed by atoms with Crippen LogP contribution in [0.25, 0.3) is 16.5 Å². The molecule has 6 nitrogen and oxygen atoms in total. The predicted octanol–water partition coefficient (Wildman–Crippen LogP) is 4.97. The Morgan fingerprint density at radius 3 is 2.55 bits per heavy atom. The average Bonchev–Trinajstić information content (AvgIpc) is 3.07. The Hall–Kier alpha value is -3.54. The Bertz CT molecular complexity index is 1080. The van der Waals surface area contributed by atoms with E-state index in [-0.39, 0.29) is 5.91 Å². The lowest BCUT2D eigenvalue weighted by atomic mass is 10.0. The van der Waals surface area contributed by atoms with Crippen LogP contribution in [0, 0.1) is 6.92 Å². The Morgan fingerprint density at radius 2 is 1.90 bits per heavy atom. The van der Waals surface area contributed by atoms with Crippen LogP contribution in [0.2, 0.25) is 0 Å². The molecule has 3 aromatic rings. The number of nitrogens with one attached hydrogen (secondary N) is 1. The summed E-state index contributed by atoms with van der Waals surface area (Å²) in [7, 11) is 1.58. The SMILES string of the molecule is CCOC(=O)c1ccc(NC(=O)/C=C(\C)c2cc3c(C)coc3cc2OC)cc1. The Kier molecular flexibility index (Phi) is 6.02. The summed E-state index contributed by atoms with van der Waals surface area (Å²) in [6.45, 7) is 5.88. The summed E-state index contributed by atoms with van der Waals surface area (Å²) in [5.41, 5.74) is 4.34. The van der Waals surface area contributed by atoms with Crippen molar-refractivity contribution in [2.45, 2.75) is 20.8 Å². The Morgan fingerprint density at radius 1 is 1.17 bits per heavy atom. The molecule has 1 amide bonds. The minimum atomic E-state index is -0.391. The largest absolute Gasteiger partial charge is 0.496 e. The maximum absolute atomic E-state index is 12.5. The molecular formula is C23H23NO5. The zero-order chi connectivity index (χ0) is 21.0. The lowest BCUT2D eigenvalue weighted by Gasteiger charge is -2.10. The molecule has 0 saturated carbocycles. The number of carbonyl (C=O) groups excluding carboxylic acids is 2. The molecule has 0 aliphatic heterocycles. The summed E-state index contributed by atoms with van der Waals surface area (Å²) in [5.74, 6) is -0.0391. The van der Waals surface area contributed by atoms with Crippen LogP contribution in [0.15, 0.2) is 53.2 Å². The maximum Gasteiger partial charge on any atom is 0.338 e. The fraction of sp³-hybridized carbons (Fsp3) is 0.217. The monoisotopic (exact) mass is 393 g/mol. The van der Waals surface area contributed by atoms with Crippen molar-refractivity contribution in [1.82, 2.24) is 0 Å². The number of allylic oxidation sites excluding steroid dienone is 1. The number of benzene rings is 2. The molecule has 1 aromatic heterocycles. The molecule has 0 bridgehead atoms. The first-order chi connectivity index (χ1) is 13.9. The highest BCUT2D eigenvalue weighted by Crippen LogP contribution is 2.33. The molecule has 150 valence electrons. The highest BCUT2D eigenvalue weighted by molar-refractivity contribution is 6.05. The molecule has 2 aromatic carbocycles. The van der Waals surface area contributed by atoms with E-state index in [9.17, 15) is 9.59 Å². The van der Waals surface area contributed by atoms with Crippen LogP contribution in [0.1, 0.15) is 35.3 Å². The van der Waals surface area contributed by atoms with E-state index in [1.54, 1.807) is 44.6 Å². The average molecular weight is 393 g/mol. The molecule has 0 spiro atoms. The van der Waals surface area contributed by atoms with Crippen molar-refractivity contribution in [3.8, 4) is 5.75 Å². The number of ether oxygens (including phenoxy) is 2. The van der Waals surface area contributed by atoms with Crippen molar-refractivity contribution < 1.29 is 23.5 Å². The number of hydrogen-bond acceptors (Lipinski definition) is 5. The number of amides is 1. The van der Waals surface area contributed by atoms with E-state index in [1.165, 1.54) is 6.08 Å². The first kappa shape index (κ1) is 20.2. The van der Waals surface area contributed by atoms with E-state index >= 15 is 0 Å². The van der Waals surface area contributed by atoms with E-state index in [2.05, 4.69) is 5.32 Å².